The predicted molar refractivity (Wildman–Crippen MR) is 103 cm³/mol. The van der Waals surface area contributed by atoms with E-state index in [2.05, 4.69) is 0 Å². The third-order valence-electron chi connectivity index (χ3n) is 4.96. The number of halogens is 1. The Morgan fingerprint density at radius 2 is 1.85 bits per heavy atom. The highest BCUT2D eigenvalue weighted by Crippen LogP contribution is 2.32. The number of hydrogen-bond donors (Lipinski definition) is 2. The first-order valence-electron chi connectivity index (χ1n) is 8.63. The van der Waals surface area contributed by atoms with E-state index in [1.807, 2.05) is 0 Å². The van der Waals surface area contributed by atoms with E-state index in [4.69, 9.17) is 17.3 Å². The Kier molecular flexibility index (Phi) is 5.62. The second kappa shape index (κ2) is 7.94. The van der Waals surface area contributed by atoms with Crippen LogP contribution in [0.3, 0.4) is 0 Å². The van der Waals surface area contributed by atoms with Crippen molar-refractivity contribution < 1.29 is 14.8 Å². The molecule has 0 saturated carbocycles. The van der Waals surface area contributed by atoms with Crippen molar-refractivity contribution in [3.05, 3.63) is 68.7 Å². The lowest BCUT2D eigenvalue weighted by Gasteiger charge is -2.34. The highest BCUT2D eigenvalue weighted by Gasteiger charge is 2.29. The molecule has 0 radical (unpaired) electrons. The van der Waals surface area contributed by atoms with Gasteiger partial charge in [0.2, 0.25) is 0 Å². The van der Waals surface area contributed by atoms with Crippen LogP contribution in [-0.4, -0.2) is 33.9 Å². The number of hydrogen-bond acceptors (Lipinski definition) is 5. The van der Waals surface area contributed by atoms with Gasteiger partial charge in [0.05, 0.1) is 11.0 Å². The van der Waals surface area contributed by atoms with Crippen molar-refractivity contribution in [1.29, 1.82) is 0 Å². The molecule has 1 unspecified atom stereocenters. The highest BCUT2D eigenvalue weighted by atomic mass is 35.5. The van der Waals surface area contributed by atoms with Crippen molar-refractivity contribution in [3.63, 3.8) is 0 Å². The van der Waals surface area contributed by atoms with E-state index in [0.29, 0.717) is 31.0 Å². The zero-order valence-corrected chi connectivity index (χ0v) is 15.3. The Labute approximate surface area is 161 Å². The van der Waals surface area contributed by atoms with Gasteiger partial charge in [-0.1, -0.05) is 23.7 Å². The third-order valence-corrected chi connectivity index (χ3v) is 5.21. The van der Waals surface area contributed by atoms with Crippen LogP contribution in [0.2, 0.25) is 5.02 Å². The van der Waals surface area contributed by atoms with Crippen molar-refractivity contribution >= 4 is 28.9 Å². The summed E-state index contributed by atoms with van der Waals surface area (Å²) in [5, 5.41) is 22.2. The molecule has 27 heavy (non-hydrogen) atoms. The summed E-state index contributed by atoms with van der Waals surface area (Å²) in [6.45, 7) is 0.957. The molecular formula is C19H20ClN3O4. The van der Waals surface area contributed by atoms with Crippen LogP contribution in [0.5, 0.6) is 0 Å². The fourth-order valence-corrected chi connectivity index (χ4v) is 3.49. The van der Waals surface area contributed by atoms with Crippen LogP contribution in [0.1, 0.15) is 34.9 Å². The van der Waals surface area contributed by atoms with Gasteiger partial charge in [-0.05, 0) is 48.6 Å². The van der Waals surface area contributed by atoms with Crippen LogP contribution in [0.15, 0.2) is 42.5 Å². The second-order valence-corrected chi connectivity index (χ2v) is 7.09. The number of nitrogen functional groups attached to an aromatic ring is 1. The molecule has 0 aliphatic carbocycles. The number of nitrogens with zero attached hydrogens (tertiary/aromatic N) is 2. The van der Waals surface area contributed by atoms with Crippen molar-refractivity contribution in [3.8, 4) is 0 Å². The summed E-state index contributed by atoms with van der Waals surface area (Å²) in [7, 11) is 0. The number of rotatable bonds is 4. The van der Waals surface area contributed by atoms with E-state index in [1.54, 1.807) is 29.2 Å². The molecule has 1 aliphatic heterocycles. The third kappa shape index (κ3) is 4.20. The summed E-state index contributed by atoms with van der Waals surface area (Å²) >= 11 is 5.88. The second-order valence-electron chi connectivity index (χ2n) is 6.66. The van der Waals surface area contributed by atoms with Crippen LogP contribution in [0.25, 0.3) is 0 Å². The Hall–Kier alpha value is -2.64. The maximum absolute atomic E-state index is 12.7. The van der Waals surface area contributed by atoms with Gasteiger partial charge in [-0.25, -0.2) is 0 Å². The quantitative estimate of drug-likeness (QED) is 0.473. The van der Waals surface area contributed by atoms with Gasteiger partial charge in [-0.15, -0.1) is 0 Å². The molecule has 3 N–H and O–H groups in total. The Bertz CT molecular complexity index is 849. The standard InChI is InChI=1S/C19H20ClN3O4/c20-15-4-1-12(2-5-15)18(24)13-7-9-22(10-8-13)19(25)14-3-6-16(21)17(11-14)23(26)27/h1-6,11,13,18,24H,7-10,21H2. The number of benzene rings is 2. The monoisotopic (exact) mass is 389 g/mol. The fraction of sp³-hybridized carbons (Fsp3) is 0.316. The minimum Gasteiger partial charge on any atom is -0.393 e. The van der Waals surface area contributed by atoms with Crippen LogP contribution < -0.4 is 5.73 Å². The lowest BCUT2D eigenvalue weighted by molar-refractivity contribution is -0.383. The zero-order chi connectivity index (χ0) is 19.6. The van der Waals surface area contributed by atoms with Crippen LogP contribution in [-0.2, 0) is 0 Å². The van der Waals surface area contributed by atoms with E-state index in [9.17, 15) is 20.0 Å². The average molecular weight is 390 g/mol. The lowest BCUT2D eigenvalue weighted by atomic mass is 9.87. The molecule has 1 aliphatic rings. The van der Waals surface area contributed by atoms with E-state index in [-0.39, 0.29) is 28.8 Å². The molecule has 1 atom stereocenters. The Morgan fingerprint density at radius 3 is 2.44 bits per heavy atom. The molecule has 142 valence electrons. The molecule has 1 saturated heterocycles. The summed E-state index contributed by atoms with van der Waals surface area (Å²) in [5.74, 6) is -0.228. The van der Waals surface area contributed by atoms with Gasteiger partial charge in [0, 0.05) is 29.7 Å². The molecular weight excluding hydrogens is 370 g/mol. The van der Waals surface area contributed by atoms with E-state index in [0.717, 1.165) is 5.56 Å². The van der Waals surface area contributed by atoms with Crippen molar-refractivity contribution in [1.82, 2.24) is 4.90 Å². The molecule has 0 bridgehead atoms. The van der Waals surface area contributed by atoms with Gasteiger partial charge < -0.3 is 15.7 Å². The van der Waals surface area contributed by atoms with Gasteiger partial charge >= 0.3 is 0 Å². The Morgan fingerprint density at radius 1 is 1.22 bits per heavy atom. The molecule has 3 rings (SSSR count). The first-order valence-corrected chi connectivity index (χ1v) is 9.01. The maximum Gasteiger partial charge on any atom is 0.292 e. The summed E-state index contributed by atoms with van der Waals surface area (Å²) in [4.78, 5) is 24.7. The number of aliphatic hydroxyl groups excluding tert-OH is 1. The maximum atomic E-state index is 12.7. The van der Waals surface area contributed by atoms with Gasteiger partial charge in [0.25, 0.3) is 11.6 Å². The number of nitro benzene ring substituents is 1. The number of piperidine rings is 1. The summed E-state index contributed by atoms with van der Waals surface area (Å²) in [6.07, 6.45) is 0.677. The number of nitrogens with two attached hydrogens (primary N) is 1. The lowest BCUT2D eigenvalue weighted by Crippen LogP contribution is -2.39. The number of likely N-dealkylation sites (tertiary alicyclic amines) is 1. The number of amides is 1. The highest BCUT2D eigenvalue weighted by molar-refractivity contribution is 6.30. The van der Waals surface area contributed by atoms with Crippen molar-refractivity contribution in [2.24, 2.45) is 5.92 Å². The zero-order valence-electron chi connectivity index (χ0n) is 14.5. The predicted octanol–water partition coefficient (Wildman–Crippen LogP) is 3.42. The summed E-state index contributed by atoms with van der Waals surface area (Å²) in [5.41, 5.74) is 6.39. The van der Waals surface area contributed by atoms with Crippen LogP contribution in [0.4, 0.5) is 11.4 Å². The first kappa shape index (κ1) is 19.1. The van der Waals surface area contributed by atoms with Crippen LogP contribution >= 0.6 is 11.6 Å². The number of nitro groups is 1. The summed E-state index contributed by atoms with van der Waals surface area (Å²) in [6, 6.07) is 11.2. The molecule has 8 heteroatoms. The van der Waals surface area contributed by atoms with Gasteiger partial charge in [0.1, 0.15) is 5.69 Å². The average Bonchev–Trinajstić information content (AvgIpc) is 2.68. The van der Waals surface area contributed by atoms with Crippen molar-refractivity contribution in [2.75, 3.05) is 18.8 Å². The largest absolute Gasteiger partial charge is 0.393 e. The van der Waals surface area contributed by atoms with Crippen LogP contribution in [0, 0.1) is 16.0 Å². The molecule has 1 fully saturated rings. The van der Waals surface area contributed by atoms with Gasteiger partial charge in [-0.3, -0.25) is 14.9 Å². The molecule has 2 aromatic rings. The van der Waals surface area contributed by atoms with E-state index >= 15 is 0 Å². The molecule has 2 aromatic carbocycles. The van der Waals surface area contributed by atoms with E-state index in [1.165, 1.54) is 18.2 Å². The minimum atomic E-state index is -0.614. The number of anilines is 1. The molecule has 0 spiro atoms. The number of carbonyl (C=O) groups excluding carboxylic acids is 1. The molecule has 1 heterocycles. The molecule has 1 amide bonds. The topological polar surface area (TPSA) is 110 Å². The molecule has 0 aromatic heterocycles. The Balaban J connectivity index is 1.65. The number of carbonyl (C=O) groups is 1. The van der Waals surface area contributed by atoms with Crippen molar-refractivity contribution in [2.45, 2.75) is 18.9 Å². The normalized spacial score (nSPS) is 16.1. The molecule has 7 nitrogen and oxygen atoms in total. The summed E-state index contributed by atoms with van der Waals surface area (Å²) < 4.78 is 0. The van der Waals surface area contributed by atoms with Gasteiger partial charge in [0.15, 0.2) is 0 Å². The smallest absolute Gasteiger partial charge is 0.292 e. The van der Waals surface area contributed by atoms with Gasteiger partial charge in [-0.2, -0.15) is 0 Å². The first-order chi connectivity index (χ1) is 12.9. The fourth-order valence-electron chi connectivity index (χ4n) is 3.37. The minimum absolute atomic E-state index is 0.0290. The van der Waals surface area contributed by atoms with E-state index < -0.39 is 11.0 Å². The number of aliphatic hydroxyl groups is 1. The SMILES string of the molecule is Nc1ccc(C(=O)N2CCC(C(O)c3ccc(Cl)cc3)CC2)cc1[N+](=O)[O-].